The Balaban J connectivity index is 3.26. The van der Waals surface area contributed by atoms with Gasteiger partial charge in [-0.2, -0.15) is 0 Å². The molecule has 0 spiro atoms. The molecule has 1 atom stereocenters. The van der Waals surface area contributed by atoms with E-state index < -0.39 is 0 Å². The normalized spacial score (nSPS) is 21.7. The average Bonchev–Trinajstić information content (AvgIpc) is 2.27. The Bertz CT molecular complexity index is 393. The summed E-state index contributed by atoms with van der Waals surface area (Å²) in [6, 6.07) is 0. The second-order valence-corrected chi connectivity index (χ2v) is 8.27. The monoisotopic (exact) mass is 279 g/mol. The molecule has 1 aliphatic heterocycles. The van der Waals surface area contributed by atoms with Crippen LogP contribution in [0, 0.1) is 16.7 Å². The lowest BCUT2D eigenvalue weighted by Gasteiger charge is -2.44. The highest BCUT2D eigenvalue weighted by Crippen LogP contribution is 2.45. The summed E-state index contributed by atoms with van der Waals surface area (Å²) in [5.41, 5.74) is 2.85. The maximum atomic E-state index is 12.7. The van der Waals surface area contributed by atoms with Crippen molar-refractivity contribution in [2.45, 2.75) is 74.1 Å². The van der Waals surface area contributed by atoms with Crippen molar-refractivity contribution in [3.05, 3.63) is 11.3 Å². The molecule has 1 unspecified atom stereocenters. The summed E-state index contributed by atoms with van der Waals surface area (Å²) in [6.07, 6.45) is 4.27. The van der Waals surface area contributed by atoms with Gasteiger partial charge in [0.25, 0.3) is 0 Å². The fourth-order valence-electron chi connectivity index (χ4n) is 3.31. The first-order valence-electron chi connectivity index (χ1n) is 8.01. The minimum atomic E-state index is 0.0166. The quantitative estimate of drug-likeness (QED) is 0.712. The Labute approximate surface area is 125 Å². The summed E-state index contributed by atoms with van der Waals surface area (Å²) in [4.78, 5) is 14.6. The molecule has 0 saturated carbocycles. The molecular formula is C18H33NO. The lowest BCUT2D eigenvalue weighted by Crippen LogP contribution is -2.43. The first-order chi connectivity index (χ1) is 9.00. The number of allylic oxidation sites excluding steroid dienone is 2. The van der Waals surface area contributed by atoms with Gasteiger partial charge in [-0.05, 0) is 23.8 Å². The van der Waals surface area contributed by atoms with Crippen LogP contribution in [-0.2, 0) is 4.79 Å². The highest BCUT2D eigenvalue weighted by molar-refractivity contribution is 5.82. The molecular weight excluding hydrogens is 246 g/mol. The Kier molecular flexibility index (Phi) is 5.10. The van der Waals surface area contributed by atoms with Crippen molar-refractivity contribution in [3.8, 4) is 0 Å². The molecule has 0 bridgehead atoms. The van der Waals surface area contributed by atoms with Crippen LogP contribution < -0.4 is 0 Å². The maximum Gasteiger partial charge on any atom is 0.229 e. The standard InChI is InChI=1S/C18H33NO/c1-9-10-11-13-12-14(17(2,3)4)15(18(5,6)7)19(8)16(13)20/h13H,9-12H2,1-8H3. The minimum Gasteiger partial charge on any atom is -0.319 e. The highest BCUT2D eigenvalue weighted by atomic mass is 16.2. The number of carbonyl (C=O) groups excluding carboxylic acids is 1. The van der Waals surface area contributed by atoms with Crippen LogP contribution in [0.25, 0.3) is 0 Å². The van der Waals surface area contributed by atoms with E-state index in [-0.39, 0.29) is 16.7 Å². The number of nitrogens with zero attached hydrogens (tertiary/aromatic N) is 1. The van der Waals surface area contributed by atoms with Gasteiger partial charge in [0.15, 0.2) is 0 Å². The van der Waals surface area contributed by atoms with Crippen molar-refractivity contribution < 1.29 is 4.79 Å². The van der Waals surface area contributed by atoms with Crippen LogP contribution in [0.5, 0.6) is 0 Å². The maximum absolute atomic E-state index is 12.7. The van der Waals surface area contributed by atoms with E-state index in [9.17, 15) is 4.79 Å². The zero-order valence-electron chi connectivity index (χ0n) is 14.8. The zero-order valence-corrected chi connectivity index (χ0v) is 14.8. The van der Waals surface area contributed by atoms with Gasteiger partial charge in [-0.25, -0.2) is 0 Å². The number of rotatable bonds is 3. The van der Waals surface area contributed by atoms with Crippen molar-refractivity contribution in [1.82, 2.24) is 4.90 Å². The molecule has 116 valence electrons. The van der Waals surface area contributed by atoms with E-state index >= 15 is 0 Å². The smallest absolute Gasteiger partial charge is 0.229 e. The van der Waals surface area contributed by atoms with Gasteiger partial charge < -0.3 is 4.90 Å². The van der Waals surface area contributed by atoms with Crippen LogP contribution in [0.1, 0.15) is 74.1 Å². The molecule has 0 aromatic heterocycles. The van der Waals surface area contributed by atoms with Gasteiger partial charge in [0.1, 0.15) is 0 Å². The van der Waals surface area contributed by atoms with E-state index in [0.29, 0.717) is 5.91 Å². The van der Waals surface area contributed by atoms with Gasteiger partial charge >= 0.3 is 0 Å². The summed E-state index contributed by atoms with van der Waals surface area (Å²) in [6.45, 7) is 15.6. The van der Waals surface area contributed by atoms with Crippen molar-refractivity contribution in [2.24, 2.45) is 16.7 Å². The largest absolute Gasteiger partial charge is 0.319 e. The fraction of sp³-hybridized carbons (Fsp3) is 0.833. The van der Waals surface area contributed by atoms with Crippen LogP contribution in [0.2, 0.25) is 0 Å². The van der Waals surface area contributed by atoms with Gasteiger partial charge in [0.05, 0.1) is 0 Å². The number of hydrogen-bond acceptors (Lipinski definition) is 1. The van der Waals surface area contributed by atoms with Gasteiger partial charge in [-0.1, -0.05) is 61.3 Å². The molecule has 20 heavy (non-hydrogen) atoms. The molecule has 0 N–H and O–H groups in total. The molecule has 0 saturated heterocycles. The second-order valence-electron chi connectivity index (χ2n) is 8.27. The van der Waals surface area contributed by atoms with E-state index in [2.05, 4.69) is 48.5 Å². The van der Waals surface area contributed by atoms with Crippen molar-refractivity contribution >= 4 is 5.91 Å². The highest BCUT2D eigenvalue weighted by Gasteiger charge is 2.40. The van der Waals surface area contributed by atoms with Gasteiger partial charge in [0, 0.05) is 24.1 Å². The molecule has 0 radical (unpaired) electrons. The van der Waals surface area contributed by atoms with E-state index in [1.54, 1.807) is 0 Å². The van der Waals surface area contributed by atoms with Crippen LogP contribution in [0.4, 0.5) is 0 Å². The van der Waals surface area contributed by atoms with E-state index in [1.165, 1.54) is 11.3 Å². The van der Waals surface area contributed by atoms with Gasteiger partial charge in [-0.3, -0.25) is 4.79 Å². The summed E-state index contributed by atoms with van der Waals surface area (Å²) >= 11 is 0. The molecule has 1 aliphatic rings. The Morgan fingerprint density at radius 2 is 1.65 bits per heavy atom. The topological polar surface area (TPSA) is 20.3 Å². The molecule has 2 heteroatoms. The Hall–Kier alpha value is -0.790. The lowest BCUT2D eigenvalue weighted by atomic mass is 9.71. The molecule has 1 amide bonds. The van der Waals surface area contributed by atoms with Crippen molar-refractivity contribution in [2.75, 3.05) is 7.05 Å². The summed E-state index contributed by atoms with van der Waals surface area (Å²) < 4.78 is 0. The molecule has 1 heterocycles. The lowest BCUT2D eigenvalue weighted by molar-refractivity contribution is -0.134. The summed E-state index contributed by atoms with van der Waals surface area (Å²) in [5.74, 6) is 0.497. The molecule has 0 aromatic rings. The zero-order chi connectivity index (χ0) is 15.7. The van der Waals surface area contributed by atoms with Crippen LogP contribution >= 0.6 is 0 Å². The number of amides is 1. The third-order valence-electron chi connectivity index (χ3n) is 4.27. The SMILES string of the molecule is CCCCC1CC(C(C)(C)C)=C(C(C)(C)C)N(C)C1=O. The molecule has 0 aliphatic carbocycles. The van der Waals surface area contributed by atoms with Gasteiger partial charge in [0.2, 0.25) is 5.91 Å². The second kappa shape index (κ2) is 5.91. The first-order valence-corrected chi connectivity index (χ1v) is 8.01. The average molecular weight is 279 g/mol. The van der Waals surface area contributed by atoms with E-state index in [0.717, 1.165) is 25.7 Å². The predicted molar refractivity (Wildman–Crippen MR) is 86.3 cm³/mol. The third kappa shape index (κ3) is 3.65. The summed E-state index contributed by atoms with van der Waals surface area (Å²) in [5, 5.41) is 0. The molecule has 0 aromatic carbocycles. The van der Waals surface area contributed by atoms with E-state index in [1.807, 2.05) is 11.9 Å². The molecule has 1 rings (SSSR count). The van der Waals surface area contributed by atoms with Crippen LogP contribution in [-0.4, -0.2) is 17.9 Å². The fourth-order valence-corrected chi connectivity index (χ4v) is 3.31. The van der Waals surface area contributed by atoms with Crippen molar-refractivity contribution in [1.29, 1.82) is 0 Å². The first kappa shape index (κ1) is 17.3. The van der Waals surface area contributed by atoms with Crippen LogP contribution in [0.3, 0.4) is 0 Å². The molecule has 2 nitrogen and oxygen atoms in total. The minimum absolute atomic E-state index is 0.0166. The number of hydrogen-bond donors (Lipinski definition) is 0. The Morgan fingerprint density at radius 3 is 2.05 bits per heavy atom. The molecule has 0 fully saturated rings. The number of carbonyl (C=O) groups is 1. The van der Waals surface area contributed by atoms with Crippen molar-refractivity contribution in [3.63, 3.8) is 0 Å². The third-order valence-corrected chi connectivity index (χ3v) is 4.27. The Morgan fingerprint density at radius 1 is 1.10 bits per heavy atom. The van der Waals surface area contributed by atoms with E-state index in [4.69, 9.17) is 0 Å². The predicted octanol–water partition coefficient (Wildman–Crippen LogP) is 5.00. The van der Waals surface area contributed by atoms with Crippen LogP contribution in [0.15, 0.2) is 11.3 Å². The summed E-state index contributed by atoms with van der Waals surface area (Å²) in [7, 11) is 1.97. The number of unbranched alkanes of at least 4 members (excludes halogenated alkanes) is 1. The van der Waals surface area contributed by atoms with Gasteiger partial charge in [-0.15, -0.1) is 0 Å².